The lowest BCUT2D eigenvalue weighted by Gasteiger charge is -2.03. The van der Waals surface area contributed by atoms with Crippen molar-refractivity contribution in [2.75, 3.05) is 0 Å². The van der Waals surface area contributed by atoms with Crippen molar-refractivity contribution in [3.05, 3.63) is 39.6 Å². The molecule has 6 heteroatoms. The first-order valence-electron chi connectivity index (χ1n) is 5.78. The summed E-state index contributed by atoms with van der Waals surface area (Å²) in [6.07, 6.45) is 0.830. The van der Waals surface area contributed by atoms with Gasteiger partial charge in [-0.2, -0.15) is 0 Å². The Labute approximate surface area is 106 Å². The highest BCUT2D eigenvalue weighted by molar-refractivity contribution is 7.14. The Morgan fingerprint density at radius 3 is 2.94 bits per heavy atom. The van der Waals surface area contributed by atoms with Gasteiger partial charge in [-0.25, -0.2) is 14.2 Å². The number of nitrogens with zero attached hydrogens (tertiary/aromatic N) is 3. The van der Waals surface area contributed by atoms with Crippen LogP contribution in [0.5, 0.6) is 0 Å². The highest BCUT2D eigenvalue weighted by Crippen LogP contribution is 2.14. The van der Waals surface area contributed by atoms with Gasteiger partial charge >= 0.3 is 5.69 Å². The van der Waals surface area contributed by atoms with Crippen molar-refractivity contribution in [3.8, 4) is 0 Å². The zero-order chi connectivity index (χ0) is 12.7. The van der Waals surface area contributed by atoms with Gasteiger partial charge in [0, 0.05) is 6.54 Å². The first-order chi connectivity index (χ1) is 8.72. The minimum Gasteiger partial charge on any atom is -0.275 e. The predicted octanol–water partition coefficient (Wildman–Crippen LogP) is 1.60. The molecule has 0 saturated carbocycles. The summed E-state index contributed by atoms with van der Waals surface area (Å²) in [7, 11) is 0. The number of rotatable bonds is 2. The summed E-state index contributed by atoms with van der Waals surface area (Å²) in [5.74, 6) is 0. The zero-order valence-electron chi connectivity index (χ0n) is 9.88. The second-order valence-corrected chi connectivity index (χ2v) is 5.02. The van der Waals surface area contributed by atoms with Gasteiger partial charge in [0.1, 0.15) is 0 Å². The Kier molecular flexibility index (Phi) is 2.52. The summed E-state index contributed by atoms with van der Waals surface area (Å²) in [4.78, 5) is 17.6. The fraction of sp³-hybridized carbons (Fsp3) is 0.250. The van der Waals surface area contributed by atoms with Crippen LogP contribution in [-0.2, 0) is 6.54 Å². The van der Waals surface area contributed by atoms with Gasteiger partial charge in [-0.05, 0) is 18.6 Å². The molecule has 0 bridgehead atoms. The molecule has 0 aliphatic rings. The monoisotopic (exact) mass is 260 g/mol. The molecule has 0 aliphatic carbocycles. The van der Waals surface area contributed by atoms with Crippen molar-refractivity contribution in [1.82, 2.24) is 14.0 Å². The van der Waals surface area contributed by atoms with Crippen LogP contribution >= 0.6 is 11.3 Å². The quantitative estimate of drug-likeness (QED) is 0.760. The molecule has 1 N–H and O–H groups in total. The molecule has 2 heterocycles. The van der Waals surface area contributed by atoms with E-state index < -0.39 is 0 Å². The van der Waals surface area contributed by atoms with Gasteiger partial charge in [0.25, 0.3) is 0 Å². The van der Waals surface area contributed by atoms with Crippen LogP contribution in [0.2, 0.25) is 0 Å². The SMILES string of the molecule is CCCn1c(=N)sc2nc3ccccc3n2c1=O. The normalized spacial score (nSPS) is 11.4. The van der Waals surface area contributed by atoms with Gasteiger partial charge in [-0.15, -0.1) is 0 Å². The Morgan fingerprint density at radius 1 is 1.39 bits per heavy atom. The molecule has 92 valence electrons. The third-order valence-corrected chi connectivity index (χ3v) is 3.70. The summed E-state index contributed by atoms with van der Waals surface area (Å²) < 4.78 is 3.08. The number of para-hydroxylation sites is 2. The van der Waals surface area contributed by atoms with Gasteiger partial charge in [0.2, 0.25) is 4.96 Å². The first kappa shape index (κ1) is 11.2. The Morgan fingerprint density at radius 2 is 2.17 bits per heavy atom. The maximum atomic E-state index is 12.4. The number of benzene rings is 1. The van der Waals surface area contributed by atoms with Crippen LogP contribution in [0.25, 0.3) is 16.0 Å². The van der Waals surface area contributed by atoms with Crippen LogP contribution in [0.3, 0.4) is 0 Å². The molecule has 0 atom stereocenters. The second kappa shape index (κ2) is 4.06. The van der Waals surface area contributed by atoms with E-state index in [0.717, 1.165) is 17.5 Å². The van der Waals surface area contributed by atoms with Crippen LogP contribution in [0, 0.1) is 5.41 Å². The van der Waals surface area contributed by atoms with Crippen LogP contribution in [0.15, 0.2) is 29.1 Å². The van der Waals surface area contributed by atoms with Crippen LogP contribution in [0.4, 0.5) is 0 Å². The van der Waals surface area contributed by atoms with E-state index in [1.54, 1.807) is 4.40 Å². The highest BCUT2D eigenvalue weighted by atomic mass is 32.1. The number of hydrogen-bond donors (Lipinski definition) is 1. The lowest BCUT2D eigenvalue weighted by atomic mass is 10.3. The van der Waals surface area contributed by atoms with Crippen molar-refractivity contribution < 1.29 is 0 Å². The predicted molar refractivity (Wildman–Crippen MR) is 71.0 cm³/mol. The summed E-state index contributed by atoms with van der Waals surface area (Å²) >= 11 is 1.23. The molecule has 3 aromatic rings. The van der Waals surface area contributed by atoms with Gasteiger partial charge in [0.05, 0.1) is 11.0 Å². The van der Waals surface area contributed by atoms with E-state index >= 15 is 0 Å². The average molecular weight is 260 g/mol. The van der Waals surface area contributed by atoms with E-state index in [-0.39, 0.29) is 10.5 Å². The number of aromatic nitrogens is 3. The molecule has 18 heavy (non-hydrogen) atoms. The molecule has 0 saturated heterocycles. The van der Waals surface area contributed by atoms with Crippen molar-refractivity contribution in [3.63, 3.8) is 0 Å². The van der Waals surface area contributed by atoms with Crippen molar-refractivity contribution >= 4 is 27.3 Å². The largest absolute Gasteiger partial charge is 0.337 e. The Hall–Kier alpha value is -1.95. The topological polar surface area (TPSA) is 63.1 Å². The Balaban J connectivity index is 2.53. The van der Waals surface area contributed by atoms with E-state index in [2.05, 4.69) is 4.98 Å². The van der Waals surface area contributed by atoms with Crippen molar-refractivity contribution in [2.45, 2.75) is 19.9 Å². The van der Waals surface area contributed by atoms with Crippen molar-refractivity contribution in [1.29, 1.82) is 5.41 Å². The Bertz CT molecular complexity index is 843. The highest BCUT2D eigenvalue weighted by Gasteiger charge is 2.10. The second-order valence-electron chi connectivity index (χ2n) is 4.06. The van der Waals surface area contributed by atoms with E-state index in [1.807, 2.05) is 31.2 Å². The first-order valence-corrected chi connectivity index (χ1v) is 6.59. The molecule has 2 aromatic heterocycles. The van der Waals surface area contributed by atoms with E-state index in [9.17, 15) is 4.79 Å². The smallest absolute Gasteiger partial charge is 0.275 e. The van der Waals surface area contributed by atoms with Gasteiger partial charge < -0.3 is 0 Å². The van der Waals surface area contributed by atoms with Gasteiger partial charge in [0.15, 0.2) is 4.80 Å². The molecule has 0 amide bonds. The van der Waals surface area contributed by atoms with Gasteiger partial charge in [-0.3, -0.25) is 9.98 Å². The van der Waals surface area contributed by atoms with Crippen LogP contribution in [-0.4, -0.2) is 14.0 Å². The summed E-state index contributed by atoms with van der Waals surface area (Å²) in [5, 5.41) is 7.90. The molecule has 0 spiro atoms. The number of fused-ring (bicyclic) bond motifs is 3. The van der Waals surface area contributed by atoms with Crippen LogP contribution < -0.4 is 10.5 Å². The molecule has 0 fully saturated rings. The maximum absolute atomic E-state index is 12.4. The molecule has 3 rings (SSSR count). The summed E-state index contributed by atoms with van der Waals surface area (Å²) in [6, 6.07) is 7.54. The number of nitrogens with one attached hydrogen (secondary N) is 1. The average Bonchev–Trinajstić information content (AvgIpc) is 2.72. The van der Waals surface area contributed by atoms with E-state index in [4.69, 9.17) is 5.41 Å². The standard InChI is InChI=1S/C12H12N4OS/c1-2-7-15-10(13)18-11-14-8-5-3-4-6-9(8)16(11)12(15)17/h3-6,13H,2,7H2,1H3. The molecule has 0 unspecified atom stereocenters. The minimum atomic E-state index is -0.177. The van der Waals surface area contributed by atoms with E-state index in [0.29, 0.717) is 11.5 Å². The fourth-order valence-corrected chi connectivity index (χ4v) is 2.89. The number of hydrogen-bond acceptors (Lipinski definition) is 4. The van der Waals surface area contributed by atoms with Crippen molar-refractivity contribution in [2.24, 2.45) is 0 Å². The van der Waals surface area contributed by atoms with E-state index in [1.165, 1.54) is 15.9 Å². The maximum Gasteiger partial charge on any atom is 0.337 e. The van der Waals surface area contributed by atoms with Crippen LogP contribution in [0.1, 0.15) is 13.3 Å². The molecular formula is C12H12N4OS. The third kappa shape index (κ3) is 1.49. The lowest BCUT2D eigenvalue weighted by Crippen LogP contribution is -2.35. The molecular weight excluding hydrogens is 248 g/mol. The minimum absolute atomic E-state index is 0.177. The molecule has 1 aromatic carbocycles. The fourth-order valence-electron chi connectivity index (χ4n) is 2.03. The number of imidazole rings is 1. The molecule has 0 radical (unpaired) electrons. The lowest BCUT2D eigenvalue weighted by molar-refractivity contribution is 0.610. The summed E-state index contributed by atoms with van der Waals surface area (Å²) in [5.41, 5.74) is 1.42. The molecule has 0 aliphatic heterocycles. The van der Waals surface area contributed by atoms with Gasteiger partial charge in [-0.1, -0.05) is 30.4 Å². The summed E-state index contributed by atoms with van der Waals surface area (Å²) in [6.45, 7) is 2.56. The third-order valence-electron chi connectivity index (χ3n) is 2.83. The zero-order valence-corrected chi connectivity index (χ0v) is 10.7. The molecule has 5 nitrogen and oxygen atoms in total.